The maximum atomic E-state index is 12.6. The minimum atomic E-state index is -0.641. The molecule has 3 rings (SSSR count). The Labute approximate surface area is 196 Å². The second kappa shape index (κ2) is 10.4. The molecular weight excluding hydrogens is 442 g/mol. The summed E-state index contributed by atoms with van der Waals surface area (Å²) < 4.78 is 5.20. The molecule has 2 N–H and O–H groups in total. The van der Waals surface area contributed by atoms with Gasteiger partial charge in [-0.1, -0.05) is 36.4 Å². The number of imide groups is 1. The van der Waals surface area contributed by atoms with Crippen molar-refractivity contribution in [1.82, 2.24) is 10.2 Å². The Balaban J connectivity index is 1.54. The molecule has 4 amide bonds. The molecule has 0 aromatic heterocycles. The number of carbonyl (C=O) groups excluding carboxylic acids is 4. The van der Waals surface area contributed by atoms with E-state index in [1.807, 2.05) is 30.3 Å². The summed E-state index contributed by atoms with van der Waals surface area (Å²) in [5.74, 6) is -0.777. The van der Waals surface area contributed by atoms with Crippen LogP contribution in [0.25, 0.3) is 6.08 Å². The van der Waals surface area contributed by atoms with Crippen molar-refractivity contribution in [3.8, 4) is 0 Å². The van der Waals surface area contributed by atoms with Gasteiger partial charge in [-0.2, -0.15) is 0 Å². The predicted octanol–water partition coefficient (Wildman–Crippen LogP) is 4.50. The van der Waals surface area contributed by atoms with Crippen LogP contribution in [0.15, 0.2) is 59.5 Å². The third-order valence-electron chi connectivity index (χ3n) is 4.36. The number of benzene rings is 2. The number of amides is 4. The minimum absolute atomic E-state index is 0.0540. The van der Waals surface area contributed by atoms with E-state index in [9.17, 15) is 19.2 Å². The van der Waals surface area contributed by atoms with E-state index in [1.54, 1.807) is 45.0 Å². The van der Waals surface area contributed by atoms with E-state index in [-0.39, 0.29) is 24.2 Å². The van der Waals surface area contributed by atoms with Crippen LogP contribution in [0.1, 0.15) is 36.7 Å². The van der Waals surface area contributed by atoms with E-state index in [0.717, 1.165) is 22.2 Å². The van der Waals surface area contributed by atoms with Crippen molar-refractivity contribution < 1.29 is 23.9 Å². The van der Waals surface area contributed by atoms with Gasteiger partial charge in [0, 0.05) is 24.3 Å². The summed E-state index contributed by atoms with van der Waals surface area (Å²) in [6, 6.07) is 15.6. The van der Waals surface area contributed by atoms with Gasteiger partial charge in [0.15, 0.2) is 0 Å². The van der Waals surface area contributed by atoms with Gasteiger partial charge < -0.3 is 10.1 Å². The van der Waals surface area contributed by atoms with Gasteiger partial charge in [-0.15, -0.1) is 0 Å². The normalized spacial score (nSPS) is 15.0. The average Bonchev–Trinajstić information content (AvgIpc) is 3.00. The monoisotopic (exact) mass is 467 g/mol. The van der Waals surface area contributed by atoms with Gasteiger partial charge in [-0.25, -0.2) is 4.79 Å². The molecule has 0 unspecified atom stereocenters. The zero-order chi connectivity index (χ0) is 24.0. The number of hydrogen-bond acceptors (Lipinski definition) is 6. The standard InChI is InChI=1S/C24H25N3O5S/c1-24(2,3)32-22(30)26-18-11-7-10-17(15-18)20(28)25-12-13-27-21(29)19(33-23(27)31)14-16-8-5-4-6-9-16/h4-11,14-15H,12-13H2,1-3H3,(H,25,28)(H,26,30)/b19-14-. The summed E-state index contributed by atoms with van der Waals surface area (Å²) >= 11 is 0.877. The second-order valence-corrected chi connectivity index (χ2v) is 9.20. The van der Waals surface area contributed by atoms with Gasteiger partial charge in [0.2, 0.25) is 0 Å². The molecule has 33 heavy (non-hydrogen) atoms. The molecular formula is C24H25N3O5S. The van der Waals surface area contributed by atoms with Crippen LogP contribution >= 0.6 is 11.8 Å². The molecule has 2 aromatic carbocycles. The first-order chi connectivity index (χ1) is 15.6. The van der Waals surface area contributed by atoms with Gasteiger partial charge >= 0.3 is 6.09 Å². The lowest BCUT2D eigenvalue weighted by Crippen LogP contribution is -2.37. The lowest BCUT2D eigenvalue weighted by Gasteiger charge is -2.19. The summed E-state index contributed by atoms with van der Waals surface area (Å²) in [5, 5.41) is 4.90. The molecule has 0 radical (unpaired) electrons. The number of nitrogens with one attached hydrogen (secondary N) is 2. The van der Waals surface area contributed by atoms with Crippen LogP contribution in [-0.2, 0) is 9.53 Å². The van der Waals surface area contributed by atoms with Crippen LogP contribution in [0, 0.1) is 0 Å². The summed E-state index contributed by atoms with van der Waals surface area (Å²) in [6.45, 7) is 5.42. The molecule has 8 nitrogen and oxygen atoms in total. The Kier molecular flexibility index (Phi) is 7.55. The van der Waals surface area contributed by atoms with Crippen molar-refractivity contribution >= 4 is 46.7 Å². The fourth-order valence-corrected chi connectivity index (χ4v) is 3.80. The van der Waals surface area contributed by atoms with Crippen molar-refractivity contribution in [2.24, 2.45) is 0 Å². The molecule has 1 saturated heterocycles. The van der Waals surface area contributed by atoms with Crippen molar-refractivity contribution in [3.63, 3.8) is 0 Å². The molecule has 1 aliphatic rings. The van der Waals surface area contributed by atoms with Crippen molar-refractivity contribution in [2.75, 3.05) is 18.4 Å². The van der Waals surface area contributed by atoms with Gasteiger partial charge in [-0.3, -0.25) is 24.6 Å². The van der Waals surface area contributed by atoms with Crippen LogP contribution in [0.5, 0.6) is 0 Å². The Hall–Kier alpha value is -3.59. The Morgan fingerprint density at radius 1 is 1.06 bits per heavy atom. The minimum Gasteiger partial charge on any atom is -0.444 e. The van der Waals surface area contributed by atoms with E-state index in [0.29, 0.717) is 16.2 Å². The Bertz CT molecular complexity index is 1090. The zero-order valence-electron chi connectivity index (χ0n) is 18.6. The zero-order valence-corrected chi connectivity index (χ0v) is 19.4. The third kappa shape index (κ3) is 6.95. The Morgan fingerprint density at radius 2 is 1.79 bits per heavy atom. The highest BCUT2D eigenvalue weighted by atomic mass is 32.2. The highest BCUT2D eigenvalue weighted by molar-refractivity contribution is 8.18. The Morgan fingerprint density at radius 3 is 2.48 bits per heavy atom. The highest BCUT2D eigenvalue weighted by Crippen LogP contribution is 2.31. The quantitative estimate of drug-likeness (QED) is 0.606. The highest BCUT2D eigenvalue weighted by Gasteiger charge is 2.34. The van der Waals surface area contributed by atoms with Gasteiger partial charge in [-0.05, 0) is 62.4 Å². The number of ether oxygens (including phenoxy) is 1. The number of hydrogen-bond donors (Lipinski definition) is 2. The van der Waals surface area contributed by atoms with Crippen molar-refractivity contribution in [2.45, 2.75) is 26.4 Å². The molecule has 0 atom stereocenters. The number of anilines is 1. The molecule has 9 heteroatoms. The summed E-state index contributed by atoms with van der Waals surface area (Å²) in [5.41, 5.74) is 0.921. The molecule has 0 spiro atoms. The molecule has 172 valence electrons. The smallest absolute Gasteiger partial charge is 0.412 e. The SMILES string of the molecule is CC(C)(C)OC(=O)Nc1cccc(C(=O)NCCN2C(=O)S/C(=C\c3ccccc3)C2=O)c1. The first-order valence-electron chi connectivity index (χ1n) is 10.3. The van der Waals surface area contributed by atoms with E-state index in [4.69, 9.17) is 4.74 Å². The topological polar surface area (TPSA) is 105 Å². The van der Waals surface area contributed by atoms with E-state index >= 15 is 0 Å². The summed E-state index contributed by atoms with van der Waals surface area (Å²) in [4.78, 5) is 50.7. The van der Waals surface area contributed by atoms with E-state index < -0.39 is 17.6 Å². The molecule has 1 fully saturated rings. The van der Waals surface area contributed by atoms with Gasteiger partial charge in [0.05, 0.1) is 4.91 Å². The number of rotatable bonds is 6. The lowest BCUT2D eigenvalue weighted by atomic mass is 10.2. The van der Waals surface area contributed by atoms with Crippen LogP contribution in [-0.4, -0.2) is 46.7 Å². The fraction of sp³-hybridized carbons (Fsp3) is 0.250. The first kappa shape index (κ1) is 24.1. The maximum Gasteiger partial charge on any atom is 0.412 e. The lowest BCUT2D eigenvalue weighted by molar-refractivity contribution is -0.122. The number of carbonyl (C=O) groups is 4. The van der Waals surface area contributed by atoms with Crippen LogP contribution in [0.2, 0.25) is 0 Å². The predicted molar refractivity (Wildman–Crippen MR) is 128 cm³/mol. The molecule has 2 aromatic rings. The van der Waals surface area contributed by atoms with Crippen LogP contribution in [0.3, 0.4) is 0 Å². The maximum absolute atomic E-state index is 12.6. The van der Waals surface area contributed by atoms with Crippen molar-refractivity contribution in [1.29, 1.82) is 0 Å². The van der Waals surface area contributed by atoms with E-state index in [1.165, 1.54) is 6.07 Å². The number of nitrogens with zero attached hydrogens (tertiary/aromatic N) is 1. The summed E-state index contributed by atoms with van der Waals surface area (Å²) in [6.07, 6.45) is 1.05. The fourth-order valence-electron chi connectivity index (χ4n) is 2.94. The molecule has 0 bridgehead atoms. The largest absolute Gasteiger partial charge is 0.444 e. The molecule has 0 saturated carbocycles. The molecule has 1 heterocycles. The van der Waals surface area contributed by atoms with Gasteiger partial charge in [0.25, 0.3) is 17.1 Å². The number of thioether (sulfide) groups is 1. The second-order valence-electron chi connectivity index (χ2n) is 8.21. The van der Waals surface area contributed by atoms with E-state index in [2.05, 4.69) is 10.6 Å². The van der Waals surface area contributed by atoms with Crippen molar-refractivity contribution in [3.05, 3.63) is 70.6 Å². The first-order valence-corrected chi connectivity index (χ1v) is 11.1. The molecule has 1 aliphatic heterocycles. The summed E-state index contributed by atoms with van der Waals surface area (Å²) in [7, 11) is 0. The van der Waals surface area contributed by atoms with Gasteiger partial charge in [0.1, 0.15) is 5.60 Å². The van der Waals surface area contributed by atoms with Crippen LogP contribution < -0.4 is 10.6 Å². The third-order valence-corrected chi connectivity index (χ3v) is 5.27. The van der Waals surface area contributed by atoms with Crippen LogP contribution in [0.4, 0.5) is 15.3 Å². The average molecular weight is 468 g/mol. The molecule has 0 aliphatic carbocycles.